The number of aliphatic hydroxyl groups is 1. The molecular weight excluding hydrogens is 534 g/mol. The average Bonchev–Trinajstić information content (AvgIpc) is 3.61. The first-order valence-electron chi connectivity index (χ1n) is 12.3. The van der Waals surface area contributed by atoms with Gasteiger partial charge >= 0.3 is 0 Å². The molecule has 200 valence electrons. The van der Waals surface area contributed by atoms with Crippen molar-refractivity contribution in [1.29, 1.82) is 0 Å². The molecule has 11 heteroatoms. The number of aliphatic hydroxyl groups excluding tert-OH is 1. The summed E-state index contributed by atoms with van der Waals surface area (Å²) in [4.78, 5) is 9.51. The topological polar surface area (TPSA) is 130 Å². The summed E-state index contributed by atoms with van der Waals surface area (Å²) in [6.07, 6.45) is 3.43. The van der Waals surface area contributed by atoms with E-state index in [1.807, 2.05) is 36.6 Å². The predicted octanol–water partition coefficient (Wildman–Crippen LogP) is 4.84. The number of benzene rings is 2. The van der Waals surface area contributed by atoms with E-state index in [2.05, 4.69) is 25.2 Å². The van der Waals surface area contributed by atoms with Crippen molar-refractivity contribution in [2.24, 2.45) is 0 Å². The minimum absolute atomic E-state index is 0.129. The molecule has 39 heavy (non-hydrogen) atoms. The number of thiophene rings is 1. The fourth-order valence-corrected chi connectivity index (χ4v) is 5.83. The Hall–Kier alpha value is -3.90. The van der Waals surface area contributed by atoms with E-state index in [0.717, 1.165) is 28.0 Å². The third-order valence-corrected chi connectivity index (χ3v) is 8.51. The van der Waals surface area contributed by atoms with Gasteiger partial charge in [0.1, 0.15) is 0 Å². The summed E-state index contributed by atoms with van der Waals surface area (Å²) in [5, 5.41) is 19.4. The van der Waals surface area contributed by atoms with Crippen LogP contribution in [0, 0.1) is 6.92 Å². The van der Waals surface area contributed by atoms with Gasteiger partial charge < -0.3 is 14.9 Å². The smallest absolute Gasteiger partial charge is 0.268 e. The van der Waals surface area contributed by atoms with Gasteiger partial charge in [-0.1, -0.05) is 23.4 Å². The van der Waals surface area contributed by atoms with Gasteiger partial charge in [-0.2, -0.15) is 4.98 Å². The number of nitrogens with zero attached hydrogens (tertiary/aromatic N) is 3. The summed E-state index contributed by atoms with van der Waals surface area (Å²) >= 11 is 1.53. The molecule has 1 unspecified atom stereocenters. The van der Waals surface area contributed by atoms with E-state index >= 15 is 0 Å². The Morgan fingerprint density at radius 3 is 2.54 bits per heavy atom. The lowest BCUT2D eigenvalue weighted by Crippen LogP contribution is -2.23. The molecule has 3 aromatic heterocycles. The van der Waals surface area contributed by atoms with E-state index in [1.165, 1.54) is 23.5 Å². The van der Waals surface area contributed by atoms with Crippen molar-refractivity contribution in [3.63, 3.8) is 0 Å². The van der Waals surface area contributed by atoms with Crippen LogP contribution in [0.25, 0.3) is 22.2 Å². The fourth-order valence-electron chi connectivity index (χ4n) is 3.92. The Labute approximate surface area is 230 Å². The van der Waals surface area contributed by atoms with Gasteiger partial charge in [-0.25, -0.2) is 8.42 Å². The first-order valence-corrected chi connectivity index (χ1v) is 14.6. The number of hydrogen-bond acceptors (Lipinski definition) is 9. The van der Waals surface area contributed by atoms with Gasteiger partial charge in [0.25, 0.3) is 15.9 Å². The number of anilines is 1. The van der Waals surface area contributed by atoms with E-state index < -0.39 is 16.1 Å². The van der Waals surface area contributed by atoms with E-state index in [-0.39, 0.29) is 4.90 Å². The van der Waals surface area contributed by atoms with Gasteiger partial charge in [-0.15, -0.1) is 11.3 Å². The number of rotatable bonds is 11. The van der Waals surface area contributed by atoms with E-state index in [4.69, 9.17) is 4.52 Å². The van der Waals surface area contributed by atoms with Crippen LogP contribution in [0.3, 0.4) is 0 Å². The molecule has 3 N–H and O–H groups in total. The van der Waals surface area contributed by atoms with Crippen LogP contribution < -0.4 is 10.0 Å². The Morgan fingerprint density at radius 1 is 1.05 bits per heavy atom. The standard InChI is InChI=1S/C28H27N5O4S2/c1-19-13-16-38-26(19)28-31-27(32-37-28)21-6-10-24(11-7-21)39(35,36)33-23-8-4-20(5-9-23)12-15-30-18-25(34)22-3-2-14-29-17-22/h2-11,13-14,16-17,25,30,33-34H,12,15,18H2,1H3. The highest BCUT2D eigenvalue weighted by Gasteiger charge is 2.17. The Morgan fingerprint density at radius 2 is 1.85 bits per heavy atom. The minimum Gasteiger partial charge on any atom is -0.387 e. The van der Waals surface area contributed by atoms with Gasteiger partial charge in [0.05, 0.1) is 15.9 Å². The lowest BCUT2D eigenvalue weighted by atomic mass is 10.1. The van der Waals surface area contributed by atoms with Crippen LogP contribution >= 0.6 is 11.3 Å². The van der Waals surface area contributed by atoms with Crippen molar-refractivity contribution < 1.29 is 18.0 Å². The zero-order chi connectivity index (χ0) is 27.2. The van der Waals surface area contributed by atoms with Crippen LogP contribution in [0.2, 0.25) is 0 Å². The highest BCUT2D eigenvalue weighted by Crippen LogP contribution is 2.29. The molecule has 0 fully saturated rings. The maximum absolute atomic E-state index is 12.9. The van der Waals surface area contributed by atoms with Crippen molar-refractivity contribution >= 4 is 27.0 Å². The van der Waals surface area contributed by atoms with Crippen molar-refractivity contribution in [2.75, 3.05) is 17.8 Å². The number of aromatic nitrogens is 3. The van der Waals surface area contributed by atoms with Crippen LogP contribution in [0.4, 0.5) is 5.69 Å². The maximum Gasteiger partial charge on any atom is 0.268 e. The molecule has 9 nitrogen and oxygen atoms in total. The van der Waals surface area contributed by atoms with Crippen LogP contribution in [0.5, 0.6) is 0 Å². The molecule has 5 aromatic rings. The molecule has 0 aliphatic carbocycles. The molecule has 0 spiro atoms. The maximum atomic E-state index is 12.9. The summed E-state index contributed by atoms with van der Waals surface area (Å²) in [7, 11) is -3.78. The largest absolute Gasteiger partial charge is 0.387 e. The minimum atomic E-state index is -3.78. The first kappa shape index (κ1) is 26.7. The normalized spacial score (nSPS) is 12.4. The highest BCUT2D eigenvalue weighted by molar-refractivity contribution is 7.92. The lowest BCUT2D eigenvalue weighted by molar-refractivity contribution is 0.174. The van der Waals surface area contributed by atoms with Crippen LogP contribution in [0.15, 0.2) is 93.9 Å². The molecule has 0 saturated carbocycles. The molecule has 0 aliphatic heterocycles. The summed E-state index contributed by atoms with van der Waals surface area (Å²) in [5.74, 6) is 0.837. The van der Waals surface area contributed by atoms with Crippen molar-refractivity contribution in [2.45, 2.75) is 24.3 Å². The molecule has 0 saturated heterocycles. The molecule has 2 aromatic carbocycles. The van der Waals surface area contributed by atoms with E-state index in [9.17, 15) is 13.5 Å². The van der Waals surface area contributed by atoms with Gasteiger partial charge in [0, 0.05) is 35.8 Å². The zero-order valence-electron chi connectivity index (χ0n) is 21.1. The van der Waals surface area contributed by atoms with Crippen molar-refractivity contribution in [3.05, 3.63) is 101 Å². The molecular formula is C28H27N5O4S2. The van der Waals surface area contributed by atoms with Gasteiger partial charge in [0.15, 0.2) is 0 Å². The SMILES string of the molecule is Cc1ccsc1-c1nc(-c2ccc(S(=O)(=O)Nc3ccc(CCNCC(O)c4cccnc4)cc3)cc2)no1. The van der Waals surface area contributed by atoms with Crippen LogP contribution in [-0.4, -0.2) is 41.7 Å². The molecule has 0 amide bonds. The first-order chi connectivity index (χ1) is 18.9. The van der Waals surface area contributed by atoms with Crippen LogP contribution in [0.1, 0.15) is 22.8 Å². The second kappa shape index (κ2) is 11.9. The monoisotopic (exact) mass is 561 g/mol. The number of hydrogen-bond donors (Lipinski definition) is 3. The summed E-state index contributed by atoms with van der Waals surface area (Å²) in [5.41, 5.74) is 4.00. The van der Waals surface area contributed by atoms with Gasteiger partial charge in [-0.05, 0) is 84.9 Å². The highest BCUT2D eigenvalue weighted by atomic mass is 32.2. The van der Waals surface area contributed by atoms with Crippen molar-refractivity contribution in [1.82, 2.24) is 20.4 Å². The Balaban J connectivity index is 1.14. The van der Waals surface area contributed by atoms with Crippen LogP contribution in [-0.2, 0) is 16.4 Å². The Kier molecular flexibility index (Phi) is 8.13. The molecule has 1 atom stereocenters. The van der Waals surface area contributed by atoms with E-state index in [0.29, 0.717) is 36.1 Å². The molecule has 0 radical (unpaired) electrons. The van der Waals surface area contributed by atoms with Gasteiger partial charge in [-0.3, -0.25) is 9.71 Å². The molecule has 5 rings (SSSR count). The number of sulfonamides is 1. The van der Waals surface area contributed by atoms with E-state index in [1.54, 1.807) is 42.7 Å². The number of pyridine rings is 1. The Bertz CT molecular complexity index is 1620. The summed E-state index contributed by atoms with van der Waals surface area (Å²) < 4.78 is 33.9. The predicted molar refractivity (Wildman–Crippen MR) is 151 cm³/mol. The second-order valence-corrected chi connectivity index (χ2v) is 11.5. The molecule has 0 aliphatic rings. The quantitative estimate of drug-likeness (QED) is 0.195. The average molecular weight is 562 g/mol. The third kappa shape index (κ3) is 6.58. The lowest BCUT2D eigenvalue weighted by Gasteiger charge is -2.12. The summed E-state index contributed by atoms with van der Waals surface area (Å²) in [6, 6.07) is 19.2. The molecule has 0 bridgehead atoms. The summed E-state index contributed by atoms with van der Waals surface area (Å²) in [6.45, 7) is 3.07. The fraction of sp³-hybridized carbons (Fsp3) is 0.179. The van der Waals surface area contributed by atoms with Gasteiger partial charge in [0.2, 0.25) is 5.82 Å². The molecule has 3 heterocycles. The second-order valence-electron chi connectivity index (χ2n) is 8.94. The third-order valence-electron chi connectivity index (χ3n) is 6.11. The number of nitrogens with one attached hydrogen (secondary N) is 2. The zero-order valence-corrected chi connectivity index (χ0v) is 22.7. The van der Waals surface area contributed by atoms with Crippen molar-refractivity contribution in [3.8, 4) is 22.2 Å². The number of aryl methyl sites for hydroxylation is 1.